The first-order chi connectivity index (χ1) is 10.2. The van der Waals surface area contributed by atoms with Crippen LogP contribution in [0.3, 0.4) is 0 Å². The van der Waals surface area contributed by atoms with Crippen LogP contribution in [-0.4, -0.2) is 26.5 Å². The molecule has 0 aliphatic rings. The summed E-state index contributed by atoms with van der Waals surface area (Å²) < 4.78 is 10.4. The molecule has 2 aromatic rings. The molecule has 0 saturated heterocycles. The number of hydrogen-bond donors (Lipinski definition) is 1. The van der Waals surface area contributed by atoms with Crippen molar-refractivity contribution < 1.29 is 14.3 Å². The second kappa shape index (κ2) is 6.90. The molecule has 0 aliphatic carbocycles. The summed E-state index contributed by atoms with van der Waals surface area (Å²) in [6.07, 6.45) is 0.803. The third kappa shape index (κ3) is 3.41. The van der Waals surface area contributed by atoms with Gasteiger partial charge in [-0.1, -0.05) is 24.3 Å². The molecule has 0 fully saturated rings. The second-order valence-corrected chi connectivity index (χ2v) is 4.63. The molecule has 0 aromatic heterocycles. The molecule has 2 rings (SSSR count). The lowest BCUT2D eigenvalue weighted by Crippen LogP contribution is -2.06. The van der Waals surface area contributed by atoms with Crippen molar-refractivity contribution in [2.45, 2.75) is 6.42 Å². The Morgan fingerprint density at radius 2 is 1.76 bits per heavy atom. The lowest BCUT2D eigenvalue weighted by Gasteiger charge is -2.10. The molecule has 0 radical (unpaired) electrons. The number of benzene rings is 2. The Morgan fingerprint density at radius 3 is 2.33 bits per heavy atom. The third-order valence-corrected chi connectivity index (χ3v) is 3.30. The van der Waals surface area contributed by atoms with E-state index in [2.05, 4.69) is 0 Å². The van der Waals surface area contributed by atoms with Crippen molar-refractivity contribution in [1.29, 1.82) is 0 Å². The van der Waals surface area contributed by atoms with E-state index in [0.717, 1.165) is 12.0 Å². The summed E-state index contributed by atoms with van der Waals surface area (Å²) in [5.41, 5.74) is 7.74. The monoisotopic (exact) mass is 285 g/mol. The zero-order valence-electron chi connectivity index (χ0n) is 12.3. The average molecular weight is 285 g/mol. The molecule has 4 nitrogen and oxygen atoms in total. The van der Waals surface area contributed by atoms with E-state index >= 15 is 0 Å². The van der Waals surface area contributed by atoms with Crippen LogP contribution < -0.4 is 15.2 Å². The Balaban J connectivity index is 2.34. The normalized spacial score (nSPS) is 10.2. The first-order valence-corrected chi connectivity index (χ1v) is 6.75. The van der Waals surface area contributed by atoms with Gasteiger partial charge in [0.25, 0.3) is 0 Å². The maximum atomic E-state index is 12.6. The number of methoxy groups -OCH3 is 2. The Morgan fingerprint density at radius 1 is 1.05 bits per heavy atom. The minimum absolute atomic E-state index is 0.0925. The third-order valence-electron chi connectivity index (χ3n) is 3.30. The van der Waals surface area contributed by atoms with E-state index in [4.69, 9.17) is 15.2 Å². The first-order valence-electron chi connectivity index (χ1n) is 6.75. The van der Waals surface area contributed by atoms with Crippen LogP contribution in [0.2, 0.25) is 0 Å². The van der Waals surface area contributed by atoms with Crippen molar-refractivity contribution in [1.82, 2.24) is 0 Å². The minimum Gasteiger partial charge on any atom is -0.497 e. The van der Waals surface area contributed by atoms with Crippen molar-refractivity contribution >= 4 is 5.78 Å². The fourth-order valence-corrected chi connectivity index (χ4v) is 2.14. The predicted molar refractivity (Wildman–Crippen MR) is 82.2 cm³/mol. The largest absolute Gasteiger partial charge is 0.497 e. The number of ether oxygens (including phenoxy) is 2. The van der Waals surface area contributed by atoms with Gasteiger partial charge in [0, 0.05) is 5.56 Å². The summed E-state index contributed by atoms with van der Waals surface area (Å²) in [4.78, 5) is 12.6. The maximum Gasteiger partial charge on any atom is 0.196 e. The van der Waals surface area contributed by atoms with Crippen LogP contribution in [0.4, 0.5) is 0 Å². The van der Waals surface area contributed by atoms with Crippen LogP contribution >= 0.6 is 0 Å². The smallest absolute Gasteiger partial charge is 0.196 e. The van der Waals surface area contributed by atoms with Gasteiger partial charge in [0.05, 0.1) is 19.8 Å². The molecule has 2 N–H and O–H groups in total. The van der Waals surface area contributed by atoms with Gasteiger partial charge in [0.1, 0.15) is 11.5 Å². The molecule has 0 bridgehead atoms. The van der Waals surface area contributed by atoms with Gasteiger partial charge < -0.3 is 15.2 Å². The summed E-state index contributed by atoms with van der Waals surface area (Å²) in [6, 6.07) is 12.7. The highest BCUT2D eigenvalue weighted by Crippen LogP contribution is 2.26. The molecule has 2 aromatic carbocycles. The summed E-state index contributed by atoms with van der Waals surface area (Å²) >= 11 is 0. The van der Waals surface area contributed by atoms with Crippen LogP contribution in [-0.2, 0) is 6.42 Å². The van der Waals surface area contributed by atoms with Gasteiger partial charge in [-0.3, -0.25) is 4.79 Å². The van der Waals surface area contributed by atoms with Crippen molar-refractivity contribution in [3.63, 3.8) is 0 Å². The number of carbonyl (C=O) groups excluding carboxylic acids is 1. The van der Waals surface area contributed by atoms with Crippen LogP contribution in [0, 0.1) is 0 Å². The number of rotatable bonds is 6. The molecule has 0 heterocycles. The Bertz CT molecular complexity index is 620. The predicted octanol–water partition coefficient (Wildman–Crippen LogP) is 2.44. The quantitative estimate of drug-likeness (QED) is 0.828. The van der Waals surface area contributed by atoms with E-state index in [1.54, 1.807) is 32.4 Å². The highest BCUT2D eigenvalue weighted by atomic mass is 16.5. The van der Waals surface area contributed by atoms with E-state index in [9.17, 15) is 4.79 Å². The highest BCUT2D eigenvalue weighted by molar-refractivity contribution is 6.11. The number of nitrogens with two attached hydrogens (primary N) is 1. The van der Waals surface area contributed by atoms with Gasteiger partial charge in [-0.15, -0.1) is 0 Å². The Hall–Kier alpha value is -2.33. The van der Waals surface area contributed by atoms with Crippen molar-refractivity contribution in [3.8, 4) is 11.5 Å². The molecule has 0 aliphatic heterocycles. The lowest BCUT2D eigenvalue weighted by atomic mass is 10.00. The Kier molecular flexibility index (Phi) is 4.95. The van der Waals surface area contributed by atoms with E-state index < -0.39 is 0 Å². The zero-order valence-corrected chi connectivity index (χ0v) is 12.3. The molecule has 0 amide bonds. The van der Waals surface area contributed by atoms with Gasteiger partial charge >= 0.3 is 0 Å². The maximum absolute atomic E-state index is 12.6. The number of carbonyl (C=O) groups is 1. The van der Waals surface area contributed by atoms with Gasteiger partial charge in [0.2, 0.25) is 0 Å². The van der Waals surface area contributed by atoms with E-state index in [1.165, 1.54) is 0 Å². The van der Waals surface area contributed by atoms with E-state index in [0.29, 0.717) is 29.2 Å². The van der Waals surface area contributed by atoms with Gasteiger partial charge in [-0.05, 0) is 36.7 Å². The molecule has 4 heteroatoms. The SMILES string of the molecule is COc1ccc(OC)c(C(=O)c2ccc(CCN)cc2)c1. The summed E-state index contributed by atoms with van der Waals surface area (Å²) in [5.74, 6) is 1.07. The molecular weight excluding hydrogens is 266 g/mol. The summed E-state index contributed by atoms with van der Waals surface area (Å²) in [6.45, 7) is 0.594. The van der Waals surface area contributed by atoms with Crippen LogP contribution in [0.25, 0.3) is 0 Å². The fraction of sp³-hybridized carbons (Fsp3) is 0.235. The van der Waals surface area contributed by atoms with Crippen LogP contribution in [0.15, 0.2) is 42.5 Å². The average Bonchev–Trinajstić information content (AvgIpc) is 2.54. The summed E-state index contributed by atoms with van der Waals surface area (Å²) in [7, 11) is 3.11. The van der Waals surface area contributed by atoms with Gasteiger partial charge in [-0.2, -0.15) is 0 Å². The van der Waals surface area contributed by atoms with Gasteiger partial charge in [0.15, 0.2) is 5.78 Å². The van der Waals surface area contributed by atoms with Gasteiger partial charge in [-0.25, -0.2) is 0 Å². The minimum atomic E-state index is -0.0925. The van der Waals surface area contributed by atoms with E-state index in [-0.39, 0.29) is 5.78 Å². The van der Waals surface area contributed by atoms with Crippen LogP contribution in [0.1, 0.15) is 21.5 Å². The summed E-state index contributed by atoms with van der Waals surface area (Å²) in [5, 5.41) is 0. The lowest BCUT2D eigenvalue weighted by molar-refractivity contribution is 0.103. The zero-order chi connectivity index (χ0) is 15.2. The molecule has 0 spiro atoms. The molecule has 0 unspecified atom stereocenters. The highest BCUT2D eigenvalue weighted by Gasteiger charge is 2.15. The first kappa shape index (κ1) is 15.1. The Labute approximate surface area is 124 Å². The second-order valence-electron chi connectivity index (χ2n) is 4.63. The van der Waals surface area contributed by atoms with Crippen molar-refractivity contribution in [3.05, 3.63) is 59.2 Å². The number of hydrogen-bond acceptors (Lipinski definition) is 4. The fourth-order valence-electron chi connectivity index (χ4n) is 2.14. The topological polar surface area (TPSA) is 61.5 Å². The molecule has 110 valence electrons. The number of ketones is 1. The molecule has 21 heavy (non-hydrogen) atoms. The standard InChI is InChI=1S/C17H19NO3/c1-20-14-7-8-16(21-2)15(11-14)17(19)13-5-3-12(4-6-13)9-10-18/h3-8,11H,9-10,18H2,1-2H3. The van der Waals surface area contributed by atoms with Crippen molar-refractivity contribution in [2.24, 2.45) is 5.73 Å². The molecular formula is C17H19NO3. The molecule has 0 atom stereocenters. The van der Waals surface area contributed by atoms with Crippen LogP contribution in [0.5, 0.6) is 11.5 Å². The molecule has 0 saturated carbocycles. The van der Waals surface area contributed by atoms with Crippen molar-refractivity contribution in [2.75, 3.05) is 20.8 Å². The van der Waals surface area contributed by atoms with E-state index in [1.807, 2.05) is 24.3 Å².